The Bertz CT molecular complexity index is 319. The van der Waals surface area contributed by atoms with Crippen molar-refractivity contribution in [3.05, 3.63) is 12.7 Å². The molecule has 2 amide bonds. The first-order chi connectivity index (χ1) is 8.52. The van der Waals surface area contributed by atoms with Crippen LogP contribution in [0.3, 0.4) is 0 Å². The van der Waals surface area contributed by atoms with E-state index in [1.807, 2.05) is 6.92 Å². The van der Waals surface area contributed by atoms with E-state index < -0.39 is 12.1 Å². The Labute approximate surface area is 107 Å². The van der Waals surface area contributed by atoms with Gasteiger partial charge in [0.1, 0.15) is 0 Å². The van der Waals surface area contributed by atoms with Gasteiger partial charge in [0, 0.05) is 19.1 Å². The second-order valence-corrected chi connectivity index (χ2v) is 4.41. The minimum absolute atomic E-state index is 0.0239. The Morgan fingerprint density at radius 2 is 2.39 bits per heavy atom. The van der Waals surface area contributed by atoms with Gasteiger partial charge in [0.05, 0.1) is 19.1 Å². The van der Waals surface area contributed by atoms with Crippen LogP contribution in [0.4, 0.5) is 4.79 Å². The molecule has 0 aromatic carbocycles. The molecule has 0 saturated carbocycles. The van der Waals surface area contributed by atoms with E-state index in [0.29, 0.717) is 26.1 Å². The number of carbonyl (C=O) groups excluding carboxylic acids is 1. The average molecular weight is 256 g/mol. The molecular weight excluding hydrogens is 236 g/mol. The molecule has 0 aliphatic carbocycles. The fourth-order valence-corrected chi connectivity index (χ4v) is 1.83. The van der Waals surface area contributed by atoms with Crippen molar-refractivity contribution in [2.24, 2.45) is 0 Å². The van der Waals surface area contributed by atoms with Gasteiger partial charge in [-0.15, -0.1) is 6.58 Å². The molecule has 2 atom stereocenters. The molecule has 0 radical (unpaired) electrons. The molecule has 1 aliphatic rings. The Morgan fingerprint density at radius 1 is 1.67 bits per heavy atom. The summed E-state index contributed by atoms with van der Waals surface area (Å²) >= 11 is 0. The van der Waals surface area contributed by atoms with Gasteiger partial charge in [-0.2, -0.15) is 0 Å². The summed E-state index contributed by atoms with van der Waals surface area (Å²) in [6.07, 6.45) is 1.95. The smallest absolute Gasteiger partial charge is 0.317 e. The largest absolute Gasteiger partial charge is 0.481 e. The fourth-order valence-electron chi connectivity index (χ4n) is 1.83. The fraction of sp³-hybridized carbons (Fsp3) is 0.667. The molecule has 2 N–H and O–H groups in total. The van der Waals surface area contributed by atoms with Crippen LogP contribution in [0, 0.1) is 0 Å². The first-order valence-corrected chi connectivity index (χ1v) is 6.02. The number of hydrogen-bond acceptors (Lipinski definition) is 3. The van der Waals surface area contributed by atoms with Gasteiger partial charge in [0.2, 0.25) is 0 Å². The Balaban J connectivity index is 2.42. The zero-order valence-electron chi connectivity index (χ0n) is 10.6. The molecule has 2 unspecified atom stereocenters. The number of amides is 2. The van der Waals surface area contributed by atoms with Crippen LogP contribution in [0.5, 0.6) is 0 Å². The maximum atomic E-state index is 11.9. The minimum atomic E-state index is -0.915. The van der Waals surface area contributed by atoms with Gasteiger partial charge >= 0.3 is 12.0 Å². The zero-order valence-corrected chi connectivity index (χ0v) is 10.6. The van der Waals surface area contributed by atoms with Crippen molar-refractivity contribution in [2.75, 3.05) is 19.7 Å². The minimum Gasteiger partial charge on any atom is -0.481 e. The predicted octanol–water partition coefficient (Wildman–Crippen LogP) is 0.836. The normalized spacial score (nSPS) is 21.2. The summed E-state index contributed by atoms with van der Waals surface area (Å²) in [7, 11) is 0. The number of nitrogens with zero attached hydrogens (tertiary/aromatic N) is 1. The van der Waals surface area contributed by atoms with Crippen molar-refractivity contribution in [1.29, 1.82) is 0 Å². The molecule has 6 nitrogen and oxygen atoms in total. The highest BCUT2D eigenvalue weighted by Gasteiger charge is 2.26. The molecule has 1 heterocycles. The molecule has 1 saturated heterocycles. The quantitative estimate of drug-likeness (QED) is 0.714. The van der Waals surface area contributed by atoms with Crippen LogP contribution in [0.15, 0.2) is 12.7 Å². The highest BCUT2D eigenvalue weighted by molar-refractivity contribution is 5.75. The van der Waals surface area contributed by atoms with Crippen molar-refractivity contribution in [3.63, 3.8) is 0 Å². The monoisotopic (exact) mass is 256 g/mol. The SMILES string of the molecule is C=CCC(C)NC(=O)N1CCOC(CC(=O)O)C1. The van der Waals surface area contributed by atoms with Crippen LogP contribution in [-0.2, 0) is 9.53 Å². The van der Waals surface area contributed by atoms with E-state index >= 15 is 0 Å². The number of urea groups is 1. The number of ether oxygens (including phenoxy) is 1. The number of morpholine rings is 1. The predicted molar refractivity (Wildman–Crippen MR) is 66.4 cm³/mol. The van der Waals surface area contributed by atoms with Gasteiger partial charge in [-0.25, -0.2) is 4.79 Å². The molecule has 0 aromatic rings. The van der Waals surface area contributed by atoms with Crippen molar-refractivity contribution in [3.8, 4) is 0 Å². The van der Waals surface area contributed by atoms with Crippen molar-refractivity contribution in [1.82, 2.24) is 10.2 Å². The van der Waals surface area contributed by atoms with E-state index in [-0.39, 0.29) is 18.5 Å². The van der Waals surface area contributed by atoms with Gasteiger partial charge in [-0.3, -0.25) is 4.79 Å². The van der Waals surface area contributed by atoms with Crippen LogP contribution in [0.1, 0.15) is 19.8 Å². The van der Waals surface area contributed by atoms with E-state index in [9.17, 15) is 9.59 Å². The number of nitrogens with one attached hydrogen (secondary N) is 1. The number of carbonyl (C=O) groups is 2. The summed E-state index contributed by atoms with van der Waals surface area (Å²) in [5.41, 5.74) is 0. The zero-order chi connectivity index (χ0) is 13.5. The van der Waals surface area contributed by atoms with E-state index in [1.165, 1.54) is 0 Å². The lowest BCUT2D eigenvalue weighted by Crippen LogP contribution is -2.51. The summed E-state index contributed by atoms with van der Waals surface area (Å²) in [6.45, 7) is 6.70. The summed E-state index contributed by atoms with van der Waals surface area (Å²) in [6, 6.07) is -0.154. The van der Waals surface area contributed by atoms with Crippen LogP contribution in [-0.4, -0.2) is 53.8 Å². The maximum absolute atomic E-state index is 11.9. The van der Waals surface area contributed by atoms with Gasteiger partial charge in [0.15, 0.2) is 0 Å². The van der Waals surface area contributed by atoms with Crippen LogP contribution >= 0.6 is 0 Å². The van der Waals surface area contributed by atoms with Crippen molar-refractivity contribution >= 4 is 12.0 Å². The second kappa shape index (κ2) is 7.00. The third-order valence-electron chi connectivity index (χ3n) is 2.72. The molecule has 0 aromatic heterocycles. The van der Waals surface area contributed by atoms with Crippen LogP contribution in [0.2, 0.25) is 0 Å². The molecule has 1 rings (SSSR count). The number of carboxylic acid groups (broad SMARTS) is 1. The van der Waals surface area contributed by atoms with Crippen molar-refractivity contribution < 1.29 is 19.4 Å². The molecule has 6 heteroatoms. The lowest BCUT2D eigenvalue weighted by molar-refractivity contribution is -0.141. The highest BCUT2D eigenvalue weighted by atomic mass is 16.5. The molecule has 0 bridgehead atoms. The van der Waals surface area contributed by atoms with E-state index in [4.69, 9.17) is 9.84 Å². The molecular formula is C12H20N2O4. The molecule has 18 heavy (non-hydrogen) atoms. The lowest BCUT2D eigenvalue weighted by Gasteiger charge is -2.33. The van der Waals surface area contributed by atoms with Crippen LogP contribution < -0.4 is 5.32 Å². The number of rotatable bonds is 5. The standard InChI is InChI=1S/C12H20N2O4/c1-3-4-9(2)13-12(17)14-5-6-18-10(8-14)7-11(15)16/h3,9-10H,1,4-8H2,2H3,(H,13,17)(H,15,16). The highest BCUT2D eigenvalue weighted by Crippen LogP contribution is 2.09. The first-order valence-electron chi connectivity index (χ1n) is 6.02. The lowest BCUT2D eigenvalue weighted by atomic mass is 10.2. The Hall–Kier alpha value is -1.56. The van der Waals surface area contributed by atoms with Crippen LogP contribution in [0.25, 0.3) is 0 Å². The number of hydrogen-bond donors (Lipinski definition) is 2. The molecule has 1 fully saturated rings. The Kier molecular flexibility index (Phi) is 5.64. The van der Waals surface area contributed by atoms with Gasteiger partial charge in [-0.1, -0.05) is 6.08 Å². The van der Waals surface area contributed by atoms with E-state index in [2.05, 4.69) is 11.9 Å². The number of aliphatic carboxylic acids is 1. The summed E-state index contributed by atoms with van der Waals surface area (Å²) in [4.78, 5) is 24.1. The van der Waals surface area contributed by atoms with E-state index in [1.54, 1.807) is 11.0 Å². The van der Waals surface area contributed by atoms with Gasteiger partial charge < -0.3 is 20.1 Å². The summed E-state index contributed by atoms with van der Waals surface area (Å²) in [5, 5.41) is 11.5. The third kappa shape index (κ3) is 4.75. The topological polar surface area (TPSA) is 78.9 Å². The number of carboxylic acids is 1. The average Bonchev–Trinajstić information content (AvgIpc) is 2.28. The second-order valence-electron chi connectivity index (χ2n) is 4.41. The molecule has 1 aliphatic heterocycles. The van der Waals surface area contributed by atoms with E-state index in [0.717, 1.165) is 0 Å². The summed E-state index contributed by atoms with van der Waals surface area (Å²) in [5.74, 6) is -0.915. The molecule has 0 spiro atoms. The van der Waals surface area contributed by atoms with Gasteiger partial charge in [0.25, 0.3) is 0 Å². The summed E-state index contributed by atoms with van der Waals surface area (Å²) < 4.78 is 5.30. The Morgan fingerprint density at radius 3 is 3.00 bits per heavy atom. The third-order valence-corrected chi connectivity index (χ3v) is 2.72. The van der Waals surface area contributed by atoms with Gasteiger partial charge in [-0.05, 0) is 13.3 Å². The molecule has 102 valence electrons. The first kappa shape index (κ1) is 14.5. The maximum Gasteiger partial charge on any atom is 0.317 e. The van der Waals surface area contributed by atoms with Crippen molar-refractivity contribution in [2.45, 2.75) is 31.9 Å².